The van der Waals surface area contributed by atoms with Crippen LogP contribution in [0.15, 0.2) is 29.1 Å². The van der Waals surface area contributed by atoms with E-state index in [1.165, 1.54) is 16.0 Å². The van der Waals surface area contributed by atoms with E-state index in [0.717, 1.165) is 28.8 Å². The van der Waals surface area contributed by atoms with Gasteiger partial charge in [-0.1, -0.05) is 36.8 Å². The number of H-pyrrole nitrogens is 1. The number of fused-ring (bicyclic) bond motifs is 1. The number of aromatic amines is 1. The Hall–Kier alpha value is -2.08. The Bertz CT molecular complexity index is 750. The molecule has 0 saturated carbocycles. The van der Waals surface area contributed by atoms with E-state index < -0.39 is 0 Å². The molecular weight excluding hydrogens is 260 g/mol. The monoisotopic (exact) mass is 274 g/mol. The van der Waals surface area contributed by atoms with E-state index >= 15 is 0 Å². The molecule has 3 rings (SSSR count). The third kappa shape index (κ3) is 1.94. The van der Waals surface area contributed by atoms with Crippen molar-refractivity contribution >= 4 is 27.2 Å². The van der Waals surface area contributed by atoms with Crippen molar-refractivity contribution in [1.82, 2.24) is 14.8 Å². The SMILES string of the molecule is CCCc1[nH]n(-c2nc3ccccc3s2)c(=O)c1N. The topological polar surface area (TPSA) is 76.7 Å². The van der Waals surface area contributed by atoms with Gasteiger partial charge in [-0.15, -0.1) is 0 Å². The number of para-hydroxylation sites is 1. The number of nitrogens with zero attached hydrogens (tertiary/aromatic N) is 2. The largest absolute Gasteiger partial charge is 0.393 e. The van der Waals surface area contributed by atoms with Gasteiger partial charge in [0, 0.05) is 0 Å². The zero-order valence-corrected chi connectivity index (χ0v) is 11.3. The maximum absolute atomic E-state index is 12.1. The maximum atomic E-state index is 12.1. The van der Waals surface area contributed by atoms with Crippen molar-refractivity contribution < 1.29 is 0 Å². The molecule has 0 radical (unpaired) electrons. The number of nitrogens with two attached hydrogens (primary N) is 1. The summed E-state index contributed by atoms with van der Waals surface area (Å²) in [4.78, 5) is 16.6. The Balaban J connectivity index is 2.16. The van der Waals surface area contributed by atoms with E-state index in [-0.39, 0.29) is 5.56 Å². The summed E-state index contributed by atoms with van der Waals surface area (Å²) in [5.41, 5.74) is 7.58. The Morgan fingerprint density at radius 1 is 1.42 bits per heavy atom. The van der Waals surface area contributed by atoms with Gasteiger partial charge in [0.25, 0.3) is 5.56 Å². The Morgan fingerprint density at radius 3 is 2.95 bits per heavy atom. The third-order valence-corrected chi connectivity index (χ3v) is 4.00. The summed E-state index contributed by atoms with van der Waals surface area (Å²) >= 11 is 1.47. The second kappa shape index (κ2) is 4.55. The van der Waals surface area contributed by atoms with Crippen molar-refractivity contribution in [2.75, 3.05) is 5.73 Å². The number of hydrogen-bond acceptors (Lipinski definition) is 4. The van der Waals surface area contributed by atoms with Gasteiger partial charge in [-0.3, -0.25) is 9.89 Å². The summed E-state index contributed by atoms with van der Waals surface area (Å²) in [6, 6.07) is 7.80. The van der Waals surface area contributed by atoms with Gasteiger partial charge >= 0.3 is 0 Å². The van der Waals surface area contributed by atoms with Crippen molar-refractivity contribution in [1.29, 1.82) is 0 Å². The molecule has 0 unspecified atom stereocenters. The number of anilines is 1. The van der Waals surface area contributed by atoms with E-state index in [1.807, 2.05) is 31.2 Å². The molecule has 0 fully saturated rings. The van der Waals surface area contributed by atoms with E-state index in [9.17, 15) is 4.79 Å². The van der Waals surface area contributed by atoms with Crippen LogP contribution in [0.4, 0.5) is 5.69 Å². The standard InChI is InChI=1S/C13H14N4OS/c1-2-5-9-11(14)12(18)17(16-9)13-15-8-6-3-4-7-10(8)19-13/h3-4,6-7,16H,2,5,14H2,1H3. The summed E-state index contributed by atoms with van der Waals surface area (Å²) in [5, 5.41) is 3.68. The Kier molecular flexibility index (Phi) is 2.87. The molecule has 98 valence electrons. The van der Waals surface area contributed by atoms with Crippen molar-refractivity contribution in [2.24, 2.45) is 0 Å². The zero-order chi connectivity index (χ0) is 13.4. The van der Waals surface area contributed by atoms with Gasteiger partial charge in [-0.2, -0.15) is 4.68 Å². The average molecular weight is 274 g/mol. The first-order chi connectivity index (χ1) is 9.20. The van der Waals surface area contributed by atoms with Gasteiger partial charge in [0.2, 0.25) is 5.13 Å². The van der Waals surface area contributed by atoms with Crippen LogP contribution < -0.4 is 11.3 Å². The number of benzene rings is 1. The number of aromatic nitrogens is 3. The highest BCUT2D eigenvalue weighted by molar-refractivity contribution is 7.20. The first-order valence-electron chi connectivity index (χ1n) is 6.16. The van der Waals surface area contributed by atoms with Crippen LogP contribution in [-0.2, 0) is 6.42 Å². The maximum Gasteiger partial charge on any atom is 0.296 e. The first-order valence-corrected chi connectivity index (χ1v) is 6.97. The van der Waals surface area contributed by atoms with Gasteiger partial charge in [-0.05, 0) is 18.6 Å². The normalized spacial score (nSPS) is 11.2. The fourth-order valence-electron chi connectivity index (χ4n) is 2.03. The predicted octanol–water partition coefficient (Wildman–Crippen LogP) is 2.31. The van der Waals surface area contributed by atoms with Gasteiger partial charge < -0.3 is 5.73 Å². The molecule has 3 aromatic rings. The van der Waals surface area contributed by atoms with Crippen molar-refractivity contribution in [3.63, 3.8) is 0 Å². The molecule has 0 amide bonds. The van der Waals surface area contributed by atoms with Crippen molar-refractivity contribution in [3.05, 3.63) is 40.3 Å². The highest BCUT2D eigenvalue weighted by atomic mass is 32.1. The predicted molar refractivity (Wildman–Crippen MR) is 78.0 cm³/mol. The van der Waals surface area contributed by atoms with Crippen LogP contribution in [-0.4, -0.2) is 14.8 Å². The number of thiazole rings is 1. The van der Waals surface area contributed by atoms with Crippen LogP contribution in [0.2, 0.25) is 0 Å². The van der Waals surface area contributed by atoms with E-state index in [0.29, 0.717) is 10.8 Å². The summed E-state index contributed by atoms with van der Waals surface area (Å²) < 4.78 is 2.49. The molecule has 0 atom stereocenters. The first kappa shape index (κ1) is 12.0. The fourth-order valence-corrected chi connectivity index (χ4v) is 2.95. The number of rotatable bonds is 3. The Morgan fingerprint density at radius 2 is 2.21 bits per heavy atom. The lowest BCUT2D eigenvalue weighted by Crippen LogP contribution is -2.16. The molecule has 2 heterocycles. The number of aryl methyl sites for hydroxylation is 1. The molecule has 0 saturated heterocycles. The number of nitrogens with one attached hydrogen (secondary N) is 1. The minimum atomic E-state index is -0.220. The molecule has 2 aromatic heterocycles. The summed E-state index contributed by atoms with van der Waals surface area (Å²) in [6.07, 6.45) is 1.70. The minimum Gasteiger partial charge on any atom is -0.393 e. The molecule has 0 spiro atoms. The summed E-state index contributed by atoms with van der Waals surface area (Å²) in [6.45, 7) is 2.05. The number of nitrogen functional groups attached to an aromatic ring is 1. The quantitative estimate of drug-likeness (QED) is 0.769. The average Bonchev–Trinajstić information content (AvgIpc) is 2.95. The van der Waals surface area contributed by atoms with Crippen molar-refractivity contribution in [2.45, 2.75) is 19.8 Å². The highest BCUT2D eigenvalue weighted by Gasteiger charge is 2.14. The molecule has 5 nitrogen and oxygen atoms in total. The lowest BCUT2D eigenvalue weighted by molar-refractivity contribution is 0.790. The van der Waals surface area contributed by atoms with Crippen LogP contribution in [0.25, 0.3) is 15.3 Å². The molecular formula is C13H14N4OS. The van der Waals surface area contributed by atoms with Crippen LogP contribution in [0, 0.1) is 0 Å². The van der Waals surface area contributed by atoms with E-state index in [4.69, 9.17) is 5.73 Å². The molecule has 19 heavy (non-hydrogen) atoms. The Labute approximate surface area is 113 Å². The molecule has 0 aliphatic carbocycles. The lowest BCUT2D eigenvalue weighted by Gasteiger charge is -1.95. The van der Waals surface area contributed by atoms with Crippen LogP contribution >= 0.6 is 11.3 Å². The smallest absolute Gasteiger partial charge is 0.296 e. The summed E-state index contributed by atoms with van der Waals surface area (Å²) in [5.74, 6) is 0. The zero-order valence-electron chi connectivity index (χ0n) is 10.5. The molecule has 0 bridgehead atoms. The molecule has 0 aliphatic heterocycles. The van der Waals surface area contributed by atoms with Gasteiger partial charge in [-0.25, -0.2) is 4.98 Å². The van der Waals surface area contributed by atoms with Crippen LogP contribution in [0.5, 0.6) is 0 Å². The van der Waals surface area contributed by atoms with E-state index in [1.54, 1.807) is 0 Å². The summed E-state index contributed by atoms with van der Waals surface area (Å²) in [7, 11) is 0. The molecule has 1 aromatic carbocycles. The second-order valence-electron chi connectivity index (χ2n) is 4.36. The van der Waals surface area contributed by atoms with Crippen molar-refractivity contribution in [3.8, 4) is 5.13 Å². The number of hydrogen-bond donors (Lipinski definition) is 2. The highest BCUT2D eigenvalue weighted by Crippen LogP contribution is 2.23. The van der Waals surface area contributed by atoms with Gasteiger partial charge in [0.15, 0.2) is 0 Å². The molecule has 3 N–H and O–H groups in total. The fraction of sp³-hybridized carbons (Fsp3) is 0.231. The van der Waals surface area contributed by atoms with Gasteiger partial charge in [0.05, 0.1) is 15.9 Å². The third-order valence-electron chi connectivity index (χ3n) is 2.98. The van der Waals surface area contributed by atoms with E-state index in [2.05, 4.69) is 10.1 Å². The van der Waals surface area contributed by atoms with Crippen LogP contribution in [0.3, 0.4) is 0 Å². The minimum absolute atomic E-state index is 0.220. The second-order valence-corrected chi connectivity index (χ2v) is 5.37. The molecule has 6 heteroatoms. The molecule has 0 aliphatic rings. The lowest BCUT2D eigenvalue weighted by atomic mass is 10.2. The van der Waals surface area contributed by atoms with Gasteiger partial charge in [0.1, 0.15) is 5.69 Å². The van der Waals surface area contributed by atoms with Crippen LogP contribution in [0.1, 0.15) is 19.0 Å².